The van der Waals surface area contributed by atoms with Crippen LogP contribution in [0.3, 0.4) is 0 Å². The van der Waals surface area contributed by atoms with E-state index in [1.807, 2.05) is 25.1 Å². The number of aryl methyl sites for hydroxylation is 2. The van der Waals surface area contributed by atoms with Gasteiger partial charge in [0.1, 0.15) is 6.10 Å². The van der Waals surface area contributed by atoms with Crippen molar-refractivity contribution in [3.8, 4) is 0 Å². The van der Waals surface area contributed by atoms with Crippen LogP contribution in [0.2, 0.25) is 5.02 Å². The minimum Gasteiger partial charge on any atom is -0.481 e. The van der Waals surface area contributed by atoms with Crippen LogP contribution in [0.15, 0.2) is 60.7 Å². The molecule has 0 saturated carbocycles. The number of anilines is 2. The largest absolute Gasteiger partial charge is 0.481 e. The van der Waals surface area contributed by atoms with Gasteiger partial charge in [0.25, 0.3) is 5.91 Å². The normalized spacial score (nSPS) is 15.1. The Morgan fingerprint density at radius 2 is 1.82 bits per heavy atom. The van der Waals surface area contributed by atoms with Crippen molar-refractivity contribution in [2.24, 2.45) is 0 Å². The summed E-state index contributed by atoms with van der Waals surface area (Å²) in [7, 11) is 0. The van der Waals surface area contributed by atoms with Crippen molar-refractivity contribution < 1.29 is 29.0 Å². The Labute approximate surface area is 241 Å². The average molecular weight is 581 g/mol. The average Bonchev–Trinajstić information content (AvgIpc) is 3.10. The fraction of sp³-hybridized carbons (Fsp3) is 0.267. The molecule has 40 heavy (non-hydrogen) atoms. The summed E-state index contributed by atoms with van der Waals surface area (Å²) >= 11 is 6.90. The number of thioether (sulfide) groups is 1. The Hall–Kier alpha value is -3.82. The number of ketones is 1. The molecule has 0 bridgehead atoms. The van der Waals surface area contributed by atoms with Gasteiger partial charge in [0.15, 0.2) is 11.0 Å². The molecule has 1 aliphatic heterocycles. The van der Waals surface area contributed by atoms with Gasteiger partial charge in [-0.25, -0.2) is 0 Å². The van der Waals surface area contributed by atoms with Gasteiger partial charge in [-0.15, -0.1) is 11.8 Å². The maximum absolute atomic E-state index is 13.6. The molecule has 2 unspecified atom stereocenters. The highest BCUT2D eigenvalue weighted by atomic mass is 35.5. The second-order valence-electron chi connectivity index (χ2n) is 9.47. The van der Waals surface area contributed by atoms with E-state index in [1.165, 1.54) is 6.07 Å². The number of rotatable bonds is 9. The minimum atomic E-state index is -1.39. The summed E-state index contributed by atoms with van der Waals surface area (Å²) in [4.78, 5) is 51.0. The van der Waals surface area contributed by atoms with Gasteiger partial charge in [-0.3, -0.25) is 19.2 Å². The van der Waals surface area contributed by atoms with Crippen LogP contribution in [-0.4, -0.2) is 46.3 Å². The van der Waals surface area contributed by atoms with Crippen molar-refractivity contribution in [2.75, 3.05) is 22.9 Å². The van der Waals surface area contributed by atoms with E-state index in [1.54, 1.807) is 43.3 Å². The number of fused-ring (bicyclic) bond motifs is 1. The van der Waals surface area contributed by atoms with Crippen LogP contribution in [-0.2, 0) is 14.3 Å². The zero-order valence-electron chi connectivity index (χ0n) is 22.0. The van der Waals surface area contributed by atoms with Crippen molar-refractivity contribution in [3.05, 3.63) is 93.5 Å². The number of carboxylic acid groups (broad SMARTS) is 1. The number of carboxylic acids is 1. The first kappa shape index (κ1) is 29.2. The molecule has 3 aromatic rings. The number of carbonyl (C=O) groups excluding carboxylic acids is 3. The summed E-state index contributed by atoms with van der Waals surface area (Å²) in [6, 6.07) is 17.2. The number of nitrogens with one attached hydrogen (secondary N) is 2. The number of hydrogen-bond donors (Lipinski definition) is 3. The minimum absolute atomic E-state index is 0.236. The van der Waals surface area contributed by atoms with Gasteiger partial charge < -0.3 is 20.5 Å². The predicted molar refractivity (Wildman–Crippen MR) is 157 cm³/mol. The Morgan fingerprint density at radius 1 is 1.05 bits per heavy atom. The summed E-state index contributed by atoms with van der Waals surface area (Å²) in [5, 5.41) is 14.5. The third-order valence-corrected chi connectivity index (χ3v) is 7.93. The Bertz CT molecular complexity index is 1460. The summed E-state index contributed by atoms with van der Waals surface area (Å²) in [6.07, 6.45) is 0.599. The van der Waals surface area contributed by atoms with Crippen LogP contribution in [0.25, 0.3) is 0 Å². The van der Waals surface area contributed by atoms with Gasteiger partial charge in [-0.1, -0.05) is 29.8 Å². The van der Waals surface area contributed by atoms with Gasteiger partial charge >= 0.3 is 11.9 Å². The van der Waals surface area contributed by atoms with E-state index in [0.717, 1.165) is 17.7 Å². The highest BCUT2D eigenvalue weighted by molar-refractivity contribution is 8.02. The summed E-state index contributed by atoms with van der Waals surface area (Å²) < 4.78 is 5.84. The summed E-state index contributed by atoms with van der Waals surface area (Å²) in [5.74, 6) is -3.27. The molecule has 0 aromatic heterocycles. The second-order valence-corrected chi connectivity index (χ2v) is 11.0. The van der Waals surface area contributed by atoms with Gasteiger partial charge in [0.2, 0.25) is 0 Å². The topological polar surface area (TPSA) is 122 Å². The molecular formula is C30H29ClN2O6S. The lowest BCUT2D eigenvalue weighted by Gasteiger charge is -2.22. The van der Waals surface area contributed by atoms with Gasteiger partial charge in [0.05, 0.1) is 5.75 Å². The van der Waals surface area contributed by atoms with Crippen LogP contribution in [0.1, 0.15) is 56.4 Å². The standard InChI is InChI=1S/C30H29ClN2O6S/c1-17-6-3-4-7-22(17)29(37)33-20-10-11-21(18(2)14-20)27(36)28(40-16-26(34)35)30(38)39-25-8-5-13-32-24-12-9-19(31)15-23(24)25/h3-4,6-7,9-12,14-15,25,28,32H,5,8,13,16H2,1-2H3,(H,33,37)(H,34,35). The predicted octanol–water partition coefficient (Wildman–Crippen LogP) is 6.07. The number of aliphatic carboxylic acids is 1. The third kappa shape index (κ3) is 7.03. The summed E-state index contributed by atoms with van der Waals surface area (Å²) in [5.41, 5.74) is 4.10. The van der Waals surface area contributed by atoms with E-state index < -0.39 is 34.8 Å². The quantitative estimate of drug-likeness (QED) is 0.158. The maximum Gasteiger partial charge on any atom is 0.327 e. The molecule has 0 saturated heterocycles. The van der Waals surface area contributed by atoms with Crippen LogP contribution in [0, 0.1) is 13.8 Å². The summed E-state index contributed by atoms with van der Waals surface area (Å²) in [6.45, 7) is 4.22. The van der Waals surface area contributed by atoms with Crippen molar-refractivity contribution in [1.82, 2.24) is 0 Å². The smallest absolute Gasteiger partial charge is 0.327 e. The molecule has 10 heteroatoms. The van der Waals surface area contributed by atoms with Crippen molar-refractivity contribution in [1.29, 1.82) is 0 Å². The van der Waals surface area contributed by atoms with Crippen LogP contribution >= 0.6 is 23.4 Å². The fourth-order valence-corrected chi connectivity index (χ4v) is 5.50. The number of amides is 1. The molecule has 0 radical (unpaired) electrons. The first-order chi connectivity index (χ1) is 19.1. The monoisotopic (exact) mass is 580 g/mol. The lowest BCUT2D eigenvalue weighted by Crippen LogP contribution is -2.32. The number of halogens is 1. The van der Waals surface area contributed by atoms with E-state index in [4.69, 9.17) is 16.3 Å². The van der Waals surface area contributed by atoms with E-state index >= 15 is 0 Å². The molecule has 1 amide bonds. The maximum atomic E-state index is 13.6. The highest BCUT2D eigenvalue weighted by Gasteiger charge is 2.34. The fourth-order valence-electron chi connectivity index (χ4n) is 4.54. The molecule has 208 valence electrons. The molecule has 1 aliphatic rings. The Balaban J connectivity index is 1.55. The number of hydrogen-bond acceptors (Lipinski definition) is 7. The van der Waals surface area contributed by atoms with Crippen molar-refractivity contribution in [2.45, 2.75) is 38.0 Å². The number of esters is 1. The molecule has 3 N–H and O–H groups in total. The lowest BCUT2D eigenvalue weighted by molar-refractivity contribution is -0.148. The van der Waals surface area contributed by atoms with Gasteiger partial charge in [0, 0.05) is 39.6 Å². The Kier molecular flexibility index (Phi) is 9.50. The lowest BCUT2D eigenvalue weighted by atomic mass is 10.0. The van der Waals surface area contributed by atoms with E-state index in [9.17, 15) is 24.3 Å². The number of carbonyl (C=O) groups is 4. The molecule has 4 rings (SSSR count). The molecule has 0 aliphatic carbocycles. The second kappa shape index (κ2) is 13.0. The van der Waals surface area contributed by atoms with E-state index in [0.29, 0.717) is 52.1 Å². The zero-order valence-corrected chi connectivity index (χ0v) is 23.6. The highest BCUT2D eigenvalue weighted by Crippen LogP contribution is 2.35. The third-order valence-electron chi connectivity index (χ3n) is 6.54. The van der Waals surface area contributed by atoms with E-state index in [2.05, 4.69) is 10.6 Å². The molecule has 1 heterocycles. The number of Topliss-reactive ketones (excluding diaryl/α,β-unsaturated/α-hetero) is 1. The van der Waals surface area contributed by atoms with E-state index in [-0.39, 0.29) is 11.5 Å². The zero-order chi connectivity index (χ0) is 28.8. The molecule has 0 fully saturated rings. The number of benzene rings is 3. The van der Waals surface area contributed by atoms with Crippen LogP contribution < -0.4 is 10.6 Å². The van der Waals surface area contributed by atoms with Crippen LogP contribution in [0.4, 0.5) is 11.4 Å². The van der Waals surface area contributed by atoms with Crippen LogP contribution in [0.5, 0.6) is 0 Å². The molecule has 3 aromatic carbocycles. The first-order valence-electron chi connectivity index (χ1n) is 12.7. The first-order valence-corrected chi connectivity index (χ1v) is 14.2. The number of ether oxygens (including phenoxy) is 1. The SMILES string of the molecule is Cc1ccccc1C(=O)Nc1ccc(C(=O)C(SCC(=O)O)C(=O)OC2CCCNc3ccc(Cl)cc32)c(C)c1. The van der Waals surface area contributed by atoms with Crippen molar-refractivity contribution in [3.63, 3.8) is 0 Å². The van der Waals surface area contributed by atoms with Gasteiger partial charge in [-0.2, -0.15) is 0 Å². The molecular weight excluding hydrogens is 552 g/mol. The Morgan fingerprint density at radius 3 is 2.55 bits per heavy atom. The molecule has 2 atom stereocenters. The molecule has 0 spiro atoms. The van der Waals surface area contributed by atoms with Gasteiger partial charge in [-0.05, 0) is 80.3 Å². The van der Waals surface area contributed by atoms with Crippen molar-refractivity contribution >= 4 is 58.4 Å². The molecule has 8 nitrogen and oxygen atoms in total.